The van der Waals surface area contributed by atoms with E-state index >= 15 is 0 Å². The van der Waals surface area contributed by atoms with Crippen LogP contribution in [0.2, 0.25) is 0 Å². The van der Waals surface area contributed by atoms with E-state index in [4.69, 9.17) is 0 Å². The normalized spacial score (nSPS) is 12.4. The highest BCUT2D eigenvalue weighted by Gasteiger charge is 2.26. The van der Waals surface area contributed by atoms with Gasteiger partial charge in [-0.15, -0.1) is 0 Å². The Labute approximate surface area is 111 Å². The molecule has 104 valence electrons. The molecule has 1 aromatic heterocycles. The van der Waals surface area contributed by atoms with Crippen molar-refractivity contribution in [1.82, 2.24) is 9.13 Å². The molecular formula is C15H28N2O. The van der Waals surface area contributed by atoms with E-state index in [9.17, 15) is 4.79 Å². The molecule has 0 bridgehead atoms. The molecule has 0 amide bonds. The number of aromatic nitrogens is 2. The zero-order valence-corrected chi connectivity index (χ0v) is 13.1. The van der Waals surface area contributed by atoms with E-state index < -0.39 is 0 Å². The molecule has 0 spiro atoms. The maximum absolute atomic E-state index is 12.6. The predicted molar refractivity (Wildman–Crippen MR) is 77.6 cm³/mol. The monoisotopic (exact) mass is 252 g/mol. The van der Waals surface area contributed by atoms with Gasteiger partial charge in [-0.3, -0.25) is 9.13 Å². The molecule has 0 saturated heterocycles. The van der Waals surface area contributed by atoms with Crippen molar-refractivity contribution in [2.24, 2.45) is 0 Å². The van der Waals surface area contributed by atoms with Crippen LogP contribution < -0.4 is 5.69 Å². The lowest BCUT2D eigenvalue weighted by molar-refractivity contribution is 0.503. The van der Waals surface area contributed by atoms with Crippen LogP contribution >= 0.6 is 0 Å². The first-order chi connectivity index (χ1) is 8.20. The van der Waals surface area contributed by atoms with Crippen molar-refractivity contribution in [2.75, 3.05) is 0 Å². The average molecular weight is 252 g/mol. The van der Waals surface area contributed by atoms with E-state index in [2.05, 4.69) is 55.4 Å². The third-order valence-corrected chi connectivity index (χ3v) is 3.32. The Hall–Kier alpha value is -0.990. The highest BCUT2D eigenvalue weighted by molar-refractivity contribution is 5.23. The summed E-state index contributed by atoms with van der Waals surface area (Å²) in [5, 5.41) is 0. The van der Waals surface area contributed by atoms with Crippen LogP contribution in [0.25, 0.3) is 0 Å². The number of hydrogen-bond acceptors (Lipinski definition) is 1. The molecule has 0 aromatic carbocycles. The minimum absolute atomic E-state index is 0.146. The van der Waals surface area contributed by atoms with Crippen LogP contribution in [-0.2, 0) is 0 Å². The van der Waals surface area contributed by atoms with E-state index in [0.717, 1.165) is 0 Å². The van der Waals surface area contributed by atoms with Gasteiger partial charge in [-0.05, 0) is 39.5 Å². The van der Waals surface area contributed by atoms with Crippen molar-refractivity contribution in [3.63, 3.8) is 0 Å². The lowest BCUT2D eigenvalue weighted by Gasteiger charge is -2.18. The van der Waals surface area contributed by atoms with Crippen molar-refractivity contribution >= 4 is 0 Å². The third kappa shape index (κ3) is 2.40. The molecule has 0 aliphatic rings. The van der Waals surface area contributed by atoms with Gasteiger partial charge in [0.15, 0.2) is 0 Å². The molecule has 1 rings (SSSR count). The fraction of sp³-hybridized carbons (Fsp3) is 0.800. The standard InChI is InChI=1S/C15H28N2O/c1-9(2)13-14(10(3)4)17(12(7)8)15(18)16(13)11(5)6/h9-12H,1-8H3. The summed E-state index contributed by atoms with van der Waals surface area (Å²) in [6, 6.07) is 0.430. The lowest BCUT2D eigenvalue weighted by atomic mass is 10.00. The molecule has 0 atom stereocenters. The number of imidazole rings is 1. The number of rotatable bonds is 4. The van der Waals surface area contributed by atoms with Crippen LogP contribution in [0.4, 0.5) is 0 Å². The Balaban J connectivity index is 3.75. The highest BCUT2D eigenvalue weighted by atomic mass is 16.2. The molecule has 18 heavy (non-hydrogen) atoms. The Bertz CT molecular complexity index is 421. The van der Waals surface area contributed by atoms with Gasteiger partial charge in [0.2, 0.25) is 0 Å². The fourth-order valence-corrected chi connectivity index (χ4v) is 2.71. The second kappa shape index (κ2) is 5.33. The molecule has 1 heterocycles. The summed E-state index contributed by atoms with van der Waals surface area (Å²) < 4.78 is 3.94. The van der Waals surface area contributed by atoms with Crippen molar-refractivity contribution in [3.8, 4) is 0 Å². The summed E-state index contributed by atoms with van der Waals surface area (Å²) in [5.74, 6) is 0.745. The van der Waals surface area contributed by atoms with Gasteiger partial charge in [-0.25, -0.2) is 4.79 Å². The zero-order chi connectivity index (χ0) is 14.2. The molecule has 0 fully saturated rings. The summed E-state index contributed by atoms with van der Waals surface area (Å²) in [6.45, 7) is 17.0. The Morgan fingerprint density at radius 3 is 1.11 bits per heavy atom. The Morgan fingerprint density at radius 2 is 0.944 bits per heavy atom. The fourth-order valence-electron chi connectivity index (χ4n) is 2.71. The molecule has 0 radical (unpaired) electrons. The van der Waals surface area contributed by atoms with Gasteiger partial charge in [0.25, 0.3) is 0 Å². The van der Waals surface area contributed by atoms with Crippen LogP contribution in [0.15, 0.2) is 4.79 Å². The van der Waals surface area contributed by atoms with Crippen molar-refractivity contribution in [1.29, 1.82) is 0 Å². The summed E-state index contributed by atoms with van der Waals surface area (Å²) >= 11 is 0. The number of nitrogens with zero attached hydrogens (tertiary/aromatic N) is 2. The van der Waals surface area contributed by atoms with Crippen LogP contribution in [-0.4, -0.2) is 9.13 Å². The summed E-state index contributed by atoms with van der Waals surface area (Å²) in [6.07, 6.45) is 0. The van der Waals surface area contributed by atoms with E-state index in [0.29, 0.717) is 11.8 Å². The van der Waals surface area contributed by atoms with Gasteiger partial charge in [-0.2, -0.15) is 0 Å². The zero-order valence-electron chi connectivity index (χ0n) is 13.1. The van der Waals surface area contributed by atoms with Crippen molar-refractivity contribution in [2.45, 2.75) is 79.3 Å². The van der Waals surface area contributed by atoms with Crippen LogP contribution in [0.5, 0.6) is 0 Å². The maximum atomic E-state index is 12.6. The molecule has 0 aliphatic heterocycles. The Kier molecular flexibility index (Phi) is 4.46. The first-order valence-corrected chi connectivity index (χ1v) is 7.06. The molecular weight excluding hydrogens is 224 g/mol. The van der Waals surface area contributed by atoms with E-state index in [1.54, 1.807) is 0 Å². The molecule has 0 unspecified atom stereocenters. The largest absolute Gasteiger partial charge is 0.329 e. The molecule has 0 aliphatic carbocycles. The first-order valence-electron chi connectivity index (χ1n) is 7.06. The first kappa shape index (κ1) is 15.1. The number of hydrogen-bond donors (Lipinski definition) is 0. The van der Waals surface area contributed by atoms with Gasteiger partial charge in [0, 0.05) is 23.5 Å². The molecule has 1 aromatic rings. The molecule has 0 saturated carbocycles. The van der Waals surface area contributed by atoms with Gasteiger partial charge in [0.1, 0.15) is 0 Å². The minimum Gasteiger partial charge on any atom is -0.293 e. The third-order valence-electron chi connectivity index (χ3n) is 3.32. The van der Waals surface area contributed by atoms with E-state index in [-0.39, 0.29) is 17.8 Å². The predicted octanol–water partition coefficient (Wildman–Crippen LogP) is 4.06. The van der Waals surface area contributed by atoms with Crippen LogP contribution in [0, 0.1) is 0 Å². The van der Waals surface area contributed by atoms with Gasteiger partial charge in [0.05, 0.1) is 0 Å². The minimum atomic E-state index is 0.146. The molecule has 0 N–H and O–H groups in total. The van der Waals surface area contributed by atoms with Gasteiger partial charge >= 0.3 is 5.69 Å². The summed E-state index contributed by atoms with van der Waals surface area (Å²) in [5.41, 5.74) is 2.56. The SMILES string of the molecule is CC(C)c1c(C(C)C)n(C(C)C)c(=O)n1C(C)C. The Morgan fingerprint density at radius 1 is 0.667 bits per heavy atom. The maximum Gasteiger partial charge on any atom is 0.329 e. The lowest BCUT2D eigenvalue weighted by Crippen LogP contribution is -2.28. The second-order valence-electron chi connectivity index (χ2n) is 6.29. The van der Waals surface area contributed by atoms with Gasteiger partial charge in [-0.1, -0.05) is 27.7 Å². The van der Waals surface area contributed by atoms with Crippen molar-refractivity contribution < 1.29 is 0 Å². The van der Waals surface area contributed by atoms with Crippen LogP contribution in [0.1, 0.15) is 90.7 Å². The van der Waals surface area contributed by atoms with Gasteiger partial charge < -0.3 is 0 Å². The average Bonchev–Trinajstić information content (AvgIpc) is 2.51. The smallest absolute Gasteiger partial charge is 0.293 e. The van der Waals surface area contributed by atoms with E-state index in [1.165, 1.54) is 11.4 Å². The molecule has 3 nitrogen and oxygen atoms in total. The van der Waals surface area contributed by atoms with E-state index in [1.807, 2.05) is 9.13 Å². The second-order valence-corrected chi connectivity index (χ2v) is 6.29. The summed E-state index contributed by atoms with van der Waals surface area (Å²) in [7, 11) is 0. The quantitative estimate of drug-likeness (QED) is 0.794. The van der Waals surface area contributed by atoms with Crippen molar-refractivity contribution in [3.05, 3.63) is 21.9 Å². The van der Waals surface area contributed by atoms with Crippen LogP contribution in [0.3, 0.4) is 0 Å². The summed E-state index contributed by atoms with van der Waals surface area (Å²) in [4.78, 5) is 12.6. The highest BCUT2D eigenvalue weighted by Crippen LogP contribution is 2.29. The topological polar surface area (TPSA) is 26.9 Å². The molecule has 3 heteroatoms.